The molecule has 1 aromatic carbocycles. The van der Waals surface area contributed by atoms with E-state index in [9.17, 15) is 31.1 Å². The van der Waals surface area contributed by atoms with Crippen LogP contribution in [0.3, 0.4) is 0 Å². The Labute approximate surface area is 181 Å². The van der Waals surface area contributed by atoms with Gasteiger partial charge in [-0.2, -0.15) is 26.3 Å². The summed E-state index contributed by atoms with van der Waals surface area (Å²) in [6.07, 6.45) is -8.74. The number of carbonyl (C=O) groups excluding carboxylic acids is 1. The molecule has 0 saturated heterocycles. The molecule has 1 amide bonds. The lowest BCUT2D eigenvalue weighted by atomic mass is 9.91. The summed E-state index contributed by atoms with van der Waals surface area (Å²) in [7, 11) is 0. The second-order valence-electron chi connectivity index (χ2n) is 7.95. The predicted molar refractivity (Wildman–Crippen MR) is 107 cm³/mol. The van der Waals surface area contributed by atoms with Crippen LogP contribution in [0.5, 0.6) is 0 Å². The van der Waals surface area contributed by atoms with Crippen LogP contribution in [0.4, 0.5) is 32.2 Å². The molecule has 10 heteroatoms. The number of aromatic nitrogens is 1. The number of rotatable bonds is 4. The minimum absolute atomic E-state index is 0.0455. The first-order valence-electron chi connectivity index (χ1n) is 10.1. The zero-order valence-corrected chi connectivity index (χ0v) is 17.7. The molecule has 0 aliphatic carbocycles. The van der Waals surface area contributed by atoms with Crippen LogP contribution in [0.25, 0.3) is 0 Å². The molecular formula is C22H23F6N3O. The molecule has 4 nitrogen and oxygen atoms in total. The number of nitrogens with zero attached hydrogens (tertiary/aromatic N) is 2. The second kappa shape index (κ2) is 8.63. The van der Waals surface area contributed by atoms with Gasteiger partial charge in [-0.1, -0.05) is 13.0 Å². The van der Waals surface area contributed by atoms with E-state index in [1.54, 1.807) is 19.1 Å². The minimum Gasteiger partial charge on any atom is -0.367 e. The molecule has 1 aliphatic rings. The Bertz CT molecular complexity index is 970. The first kappa shape index (κ1) is 23.9. The third-order valence-electron chi connectivity index (χ3n) is 5.55. The van der Waals surface area contributed by atoms with Gasteiger partial charge in [-0.25, -0.2) is 4.98 Å². The molecule has 174 valence electrons. The molecule has 2 atom stereocenters. The molecule has 0 saturated carbocycles. The van der Waals surface area contributed by atoms with Crippen molar-refractivity contribution in [2.24, 2.45) is 0 Å². The van der Waals surface area contributed by atoms with Crippen molar-refractivity contribution in [2.75, 3.05) is 5.32 Å². The van der Waals surface area contributed by atoms with Crippen molar-refractivity contribution in [2.45, 2.75) is 64.6 Å². The zero-order chi connectivity index (χ0) is 23.8. The Morgan fingerprint density at radius 3 is 2.19 bits per heavy atom. The first-order chi connectivity index (χ1) is 14.8. The quantitative estimate of drug-likeness (QED) is 0.561. The average molecular weight is 459 g/mol. The maximum Gasteiger partial charge on any atom is 0.416 e. The van der Waals surface area contributed by atoms with Gasteiger partial charge in [0.2, 0.25) is 5.91 Å². The summed E-state index contributed by atoms with van der Waals surface area (Å²) in [5.74, 6) is 0.114. The van der Waals surface area contributed by atoms with Gasteiger partial charge in [-0.05, 0) is 49.6 Å². The van der Waals surface area contributed by atoms with Crippen LogP contribution in [-0.4, -0.2) is 21.8 Å². The fourth-order valence-electron chi connectivity index (χ4n) is 3.91. The minimum atomic E-state index is -4.95. The molecule has 0 radical (unpaired) electrons. The molecule has 2 heterocycles. The fraction of sp³-hybridized carbons (Fsp3) is 0.455. The molecule has 0 fully saturated rings. The van der Waals surface area contributed by atoms with Crippen molar-refractivity contribution in [1.29, 1.82) is 0 Å². The lowest BCUT2D eigenvalue weighted by Crippen LogP contribution is -2.40. The van der Waals surface area contributed by atoms with Crippen LogP contribution in [0.1, 0.15) is 60.7 Å². The van der Waals surface area contributed by atoms with E-state index < -0.39 is 42.0 Å². The van der Waals surface area contributed by atoms with Gasteiger partial charge in [0.15, 0.2) is 0 Å². The monoisotopic (exact) mass is 459 g/mol. The number of aryl methyl sites for hydroxylation is 1. The standard InChI is InChI=1S/C22H23F6N3O/c1-4-17-10-19(18-6-5-12(2)29-20(18)30-17)31(13(3)32)11-14-7-15(21(23,24)25)9-16(8-14)22(26,27)28/h5-9,17,19H,4,10-11H2,1-3H3,(H,29,30). The topological polar surface area (TPSA) is 45.2 Å². The summed E-state index contributed by atoms with van der Waals surface area (Å²) >= 11 is 0. The van der Waals surface area contributed by atoms with Crippen molar-refractivity contribution >= 4 is 11.7 Å². The van der Waals surface area contributed by atoms with Crippen LogP contribution in [0.2, 0.25) is 0 Å². The molecule has 1 aromatic heterocycles. The van der Waals surface area contributed by atoms with Crippen molar-refractivity contribution in [3.8, 4) is 0 Å². The van der Waals surface area contributed by atoms with E-state index in [4.69, 9.17) is 0 Å². The number of halogens is 6. The summed E-state index contributed by atoms with van der Waals surface area (Å²) in [4.78, 5) is 18.3. The Balaban J connectivity index is 2.05. The Hall–Kier alpha value is -2.78. The molecule has 1 aliphatic heterocycles. The zero-order valence-electron chi connectivity index (χ0n) is 17.7. The van der Waals surface area contributed by atoms with Crippen molar-refractivity contribution in [1.82, 2.24) is 9.88 Å². The molecule has 0 bridgehead atoms. The molecule has 2 aromatic rings. The Morgan fingerprint density at radius 2 is 1.69 bits per heavy atom. The summed E-state index contributed by atoms with van der Waals surface area (Å²) in [5, 5.41) is 3.29. The van der Waals surface area contributed by atoms with Gasteiger partial charge in [-0.15, -0.1) is 0 Å². The lowest BCUT2D eigenvalue weighted by Gasteiger charge is -2.39. The van der Waals surface area contributed by atoms with E-state index in [-0.39, 0.29) is 17.7 Å². The van der Waals surface area contributed by atoms with Gasteiger partial charge in [0.1, 0.15) is 5.82 Å². The van der Waals surface area contributed by atoms with Crippen LogP contribution >= 0.6 is 0 Å². The normalized spacial score (nSPS) is 18.7. The van der Waals surface area contributed by atoms with Crippen LogP contribution in [0, 0.1) is 6.92 Å². The van der Waals surface area contributed by atoms with E-state index in [2.05, 4.69) is 10.3 Å². The number of anilines is 1. The van der Waals surface area contributed by atoms with Gasteiger partial charge < -0.3 is 10.2 Å². The smallest absolute Gasteiger partial charge is 0.367 e. The number of pyridine rings is 1. The van der Waals surface area contributed by atoms with E-state index in [0.717, 1.165) is 5.69 Å². The van der Waals surface area contributed by atoms with E-state index in [0.29, 0.717) is 36.4 Å². The Kier molecular flexibility index (Phi) is 6.44. The van der Waals surface area contributed by atoms with Gasteiger partial charge in [0.25, 0.3) is 0 Å². The number of fused-ring (bicyclic) bond motifs is 1. The largest absolute Gasteiger partial charge is 0.416 e. The van der Waals surface area contributed by atoms with Gasteiger partial charge in [0, 0.05) is 30.8 Å². The summed E-state index contributed by atoms with van der Waals surface area (Å²) in [5.41, 5.74) is -1.62. The maximum absolute atomic E-state index is 13.3. The van der Waals surface area contributed by atoms with Crippen molar-refractivity contribution in [3.05, 3.63) is 58.3 Å². The number of alkyl halides is 6. The summed E-state index contributed by atoms with van der Waals surface area (Å²) < 4.78 is 79.5. The van der Waals surface area contributed by atoms with Crippen LogP contribution in [0.15, 0.2) is 30.3 Å². The first-order valence-corrected chi connectivity index (χ1v) is 10.1. The van der Waals surface area contributed by atoms with Crippen LogP contribution in [-0.2, 0) is 23.7 Å². The molecule has 0 spiro atoms. The average Bonchev–Trinajstić information content (AvgIpc) is 2.69. The number of carbonyl (C=O) groups is 1. The fourth-order valence-corrected chi connectivity index (χ4v) is 3.91. The highest BCUT2D eigenvalue weighted by molar-refractivity contribution is 5.74. The maximum atomic E-state index is 13.3. The second-order valence-corrected chi connectivity index (χ2v) is 7.95. The highest BCUT2D eigenvalue weighted by atomic mass is 19.4. The third-order valence-corrected chi connectivity index (χ3v) is 5.55. The highest BCUT2D eigenvalue weighted by Gasteiger charge is 2.38. The summed E-state index contributed by atoms with van der Waals surface area (Å²) in [6, 6.07) is 4.37. The van der Waals surface area contributed by atoms with Gasteiger partial charge in [0.05, 0.1) is 17.2 Å². The van der Waals surface area contributed by atoms with Crippen LogP contribution < -0.4 is 5.32 Å². The van der Waals surface area contributed by atoms with E-state index in [1.807, 2.05) is 6.92 Å². The third kappa shape index (κ3) is 5.16. The number of benzene rings is 1. The molecule has 3 rings (SSSR count). The molecule has 1 N–H and O–H groups in total. The van der Waals surface area contributed by atoms with Gasteiger partial charge in [-0.3, -0.25) is 4.79 Å². The molecular weight excluding hydrogens is 436 g/mol. The SMILES string of the molecule is CCC1CC(N(Cc2cc(C(F)(F)F)cc(C(F)(F)F)c2)C(C)=O)c2ccc(C)nc2N1. The predicted octanol–water partition coefficient (Wildman–Crippen LogP) is 6.11. The van der Waals surface area contributed by atoms with Crippen molar-refractivity contribution in [3.63, 3.8) is 0 Å². The number of hydrogen-bond donors (Lipinski definition) is 1. The van der Waals surface area contributed by atoms with Crippen molar-refractivity contribution < 1.29 is 31.1 Å². The summed E-state index contributed by atoms with van der Waals surface area (Å²) in [6.45, 7) is 4.60. The lowest BCUT2D eigenvalue weighted by molar-refractivity contribution is -0.143. The molecule has 2 unspecified atom stereocenters. The number of nitrogens with one attached hydrogen (secondary N) is 1. The number of amides is 1. The van der Waals surface area contributed by atoms with E-state index >= 15 is 0 Å². The highest BCUT2D eigenvalue weighted by Crippen LogP contribution is 2.40. The Morgan fingerprint density at radius 1 is 1.09 bits per heavy atom. The van der Waals surface area contributed by atoms with Gasteiger partial charge >= 0.3 is 12.4 Å². The van der Waals surface area contributed by atoms with E-state index in [1.165, 1.54) is 11.8 Å². The number of hydrogen-bond acceptors (Lipinski definition) is 3. The molecule has 32 heavy (non-hydrogen) atoms.